The molecule has 0 spiro atoms. The average Bonchev–Trinajstić information content (AvgIpc) is 2.75. The lowest BCUT2D eigenvalue weighted by atomic mass is 10.2. The van der Waals surface area contributed by atoms with Gasteiger partial charge in [0, 0.05) is 13.0 Å². The van der Waals surface area contributed by atoms with Crippen LogP contribution in [0.2, 0.25) is 0 Å². The molecule has 0 atom stereocenters. The molecule has 0 aliphatic rings. The van der Waals surface area contributed by atoms with Crippen LogP contribution in [0.4, 0.5) is 5.82 Å². The van der Waals surface area contributed by atoms with Gasteiger partial charge in [-0.05, 0) is 31.0 Å². The SMILES string of the molecule is CCc1c(N)nnn1CCCOc1cccc(C)c1. The Labute approximate surface area is 113 Å². The first-order valence-corrected chi connectivity index (χ1v) is 6.58. The van der Waals surface area contributed by atoms with Gasteiger partial charge >= 0.3 is 0 Å². The predicted octanol–water partition coefficient (Wildman–Crippen LogP) is 2.20. The Morgan fingerprint density at radius 2 is 2.21 bits per heavy atom. The normalized spacial score (nSPS) is 10.6. The molecule has 0 fully saturated rings. The second kappa shape index (κ2) is 6.22. The number of benzene rings is 1. The van der Waals surface area contributed by atoms with Crippen molar-refractivity contribution in [3.63, 3.8) is 0 Å². The summed E-state index contributed by atoms with van der Waals surface area (Å²) in [6, 6.07) is 8.05. The Kier molecular flexibility index (Phi) is 4.39. The third kappa shape index (κ3) is 3.47. The average molecular weight is 260 g/mol. The molecule has 0 radical (unpaired) electrons. The molecular formula is C14H20N4O. The van der Waals surface area contributed by atoms with Gasteiger partial charge in [-0.15, -0.1) is 5.10 Å². The molecule has 0 bridgehead atoms. The van der Waals surface area contributed by atoms with E-state index in [2.05, 4.69) is 30.2 Å². The molecule has 0 saturated carbocycles. The standard InChI is InChI=1S/C14H20N4O/c1-3-13-14(15)16-17-18(13)8-5-9-19-12-7-4-6-11(2)10-12/h4,6-7,10H,3,5,8-9,15H2,1-2H3. The number of ether oxygens (including phenoxy) is 1. The molecule has 0 aliphatic carbocycles. The lowest BCUT2D eigenvalue weighted by molar-refractivity contribution is 0.297. The Hall–Kier alpha value is -2.04. The summed E-state index contributed by atoms with van der Waals surface area (Å²) in [6.07, 6.45) is 1.72. The number of hydrogen-bond acceptors (Lipinski definition) is 4. The molecule has 1 aromatic heterocycles. The Balaban J connectivity index is 1.81. The molecule has 1 heterocycles. The van der Waals surface area contributed by atoms with Crippen LogP contribution in [0.1, 0.15) is 24.6 Å². The van der Waals surface area contributed by atoms with Crippen molar-refractivity contribution in [1.82, 2.24) is 15.0 Å². The van der Waals surface area contributed by atoms with Crippen molar-refractivity contribution in [3.05, 3.63) is 35.5 Å². The summed E-state index contributed by atoms with van der Waals surface area (Å²) in [5.74, 6) is 1.44. The van der Waals surface area contributed by atoms with E-state index < -0.39 is 0 Å². The smallest absolute Gasteiger partial charge is 0.169 e. The third-order valence-electron chi connectivity index (χ3n) is 2.98. The summed E-state index contributed by atoms with van der Waals surface area (Å²) in [6.45, 7) is 5.54. The molecule has 0 saturated heterocycles. The predicted molar refractivity (Wildman–Crippen MR) is 75.1 cm³/mol. The number of aryl methyl sites for hydroxylation is 2. The van der Waals surface area contributed by atoms with Crippen molar-refractivity contribution >= 4 is 5.82 Å². The van der Waals surface area contributed by atoms with E-state index in [1.165, 1.54) is 5.56 Å². The van der Waals surface area contributed by atoms with Gasteiger partial charge in [-0.3, -0.25) is 0 Å². The highest BCUT2D eigenvalue weighted by atomic mass is 16.5. The van der Waals surface area contributed by atoms with Crippen LogP contribution in [0.25, 0.3) is 0 Å². The molecule has 0 unspecified atom stereocenters. The van der Waals surface area contributed by atoms with E-state index >= 15 is 0 Å². The molecule has 5 heteroatoms. The van der Waals surface area contributed by atoms with Crippen LogP contribution in [0, 0.1) is 6.92 Å². The quantitative estimate of drug-likeness (QED) is 0.809. The molecule has 2 aromatic rings. The fourth-order valence-corrected chi connectivity index (χ4v) is 2.00. The van der Waals surface area contributed by atoms with Crippen LogP contribution in [-0.2, 0) is 13.0 Å². The first-order chi connectivity index (χ1) is 9.20. The van der Waals surface area contributed by atoms with Crippen molar-refractivity contribution < 1.29 is 4.74 Å². The minimum atomic E-state index is 0.530. The van der Waals surface area contributed by atoms with Crippen molar-refractivity contribution in [2.75, 3.05) is 12.3 Å². The number of aromatic nitrogens is 3. The van der Waals surface area contributed by atoms with Crippen molar-refractivity contribution in [1.29, 1.82) is 0 Å². The van der Waals surface area contributed by atoms with Crippen LogP contribution in [0.5, 0.6) is 5.75 Å². The molecule has 102 valence electrons. The molecule has 0 aliphatic heterocycles. The molecule has 2 N–H and O–H groups in total. The fourth-order valence-electron chi connectivity index (χ4n) is 2.00. The first-order valence-electron chi connectivity index (χ1n) is 6.58. The molecule has 2 rings (SSSR count). The van der Waals surface area contributed by atoms with Crippen LogP contribution >= 0.6 is 0 Å². The maximum absolute atomic E-state index is 5.74. The highest BCUT2D eigenvalue weighted by Gasteiger charge is 2.07. The van der Waals surface area contributed by atoms with Crippen LogP contribution in [0.3, 0.4) is 0 Å². The molecule has 0 amide bonds. The van der Waals surface area contributed by atoms with Gasteiger partial charge in [0.1, 0.15) is 5.75 Å². The minimum Gasteiger partial charge on any atom is -0.494 e. The van der Waals surface area contributed by atoms with E-state index in [4.69, 9.17) is 10.5 Å². The summed E-state index contributed by atoms with van der Waals surface area (Å²) in [5.41, 5.74) is 7.94. The van der Waals surface area contributed by atoms with E-state index in [0.717, 1.165) is 30.8 Å². The third-order valence-corrected chi connectivity index (χ3v) is 2.98. The second-order valence-corrected chi connectivity index (χ2v) is 4.52. The summed E-state index contributed by atoms with van der Waals surface area (Å²) in [5, 5.41) is 7.92. The number of rotatable bonds is 6. The number of nitrogens with two attached hydrogens (primary N) is 1. The Morgan fingerprint density at radius 3 is 2.95 bits per heavy atom. The van der Waals surface area contributed by atoms with Gasteiger partial charge in [-0.1, -0.05) is 24.3 Å². The molecular weight excluding hydrogens is 240 g/mol. The lowest BCUT2D eigenvalue weighted by Gasteiger charge is -2.08. The summed E-state index contributed by atoms with van der Waals surface area (Å²) < 4.78 is 7.55. The number of nitrogen functional groups attached to an aromatic ring is 1. The molecule has 5 nitrogen and oxygen atoms in total. The van der Waals surface area contributed by atoms with Crippen LogP contribution < -0.4 is 10.5 Å². The van der Waals surface area contributed by atoms with E-state index in [1.807, 2.05) is 22.9 Å². The van der Waals surface area contributed by atoms with Gasteiger partial charge in [-0.25, -0.2) is 4.68 Å². The van der Waals surface area contributed by atoms with E-state index in [9.17, 15) is 0 Å². The Bertz CT molecular complexity index is 536. The molecule has 19 heavy (non-hydrogen) atoms. The summed E-state index contributed by atoms with van der Waals surface area (Å²) in [7, 11) is 0. The van der Waals surface area contributed by atoms with Crippen LogP contribution in [-0.4, -0.2) is 21.6 Å². The van der Waals surface area contributed by atoms with Gasteiger partial charge in [-0.2, -0.15) is 0 Å². The van der Waals surface area contributed by atoms with Crippen molar-refractivity contribution in [2.45, 2.75) is 33.2 Å². The zero-order chi connectivity index (χ0) is 13.7. The summed E-state index contributed by atoms with van der Waals surface area (Å²) in [4.78, 5) is 0. The van der Waals surface area contributed by atoms with Gasteiger partial charge in [0.2, 0.25) is 0 Å². The van der Waals surface area contributed by atoms with Gasteiger partial charge in [0.15, 0.2) is 5.82 Å². The fraction of sp³-hybridized carbons (Fsp3) is 0.429. The first kappa shape index (κ1) is 13.4. The minimum absolute atomic E-state index is 0.530. The largest absolute Gasteiger partial charge is 0.494 e. The highest BCUT2D eigenvalue weighted by Crippen LogP contribution is 2.13. The van der Waals surface area contributed by atoms with E-state index in [-0.39, 0.29) is 0 Å². The van der Waals surface area contributed by atoms with E-state index in [0.29, 0.717) is 12.4 Å². The zero-order valence-electron chi connectivity index (χ0n) is 11.5. The van der Waals surface area contributed by atoms with Gasteiger partial charge in [0.25, 0.3) is 0 Å². The van der Waals surface area contributed by atoms with E-state index in [1.54, 1.807) is 0 Å². The van der Waals surface area contributed by atoms with Crippen molar-refractivity contribution in [2.24, 2.45) is 0 Å². The maximum Gasteiger partial charge on any atom is 0.169 e. The molecule has 1 aromatic carbocycles. The summed E-state index contributed by atoms with van der Waals surface area (Å²) >= 11 is 0. The van der Waals surface area contributed by atoms with Gasteiger partial charge < -0.3 is 10.5 Å². The Morgan fingerprint density at radius 1 is 1.37 bits per heavy atom. The second-order valence-electron chi connectivity index (χ2n) is 4.52. The maximum atomic E-state index is 5.74. The van der Waals surface area contributed by atoms with Gasteiger partial charge in [0.05, 0.1) is 12.3 Å². The monoisotopic (exact) mass is 260 g/mol. The highest BCUT2D eigenvalue weighted by molar-refractivity contribution is 5.32. The van der Waals surface area contributed by atoms with Crippen LogP contribution in [0.15, 0.2) is 24.3 Å². The number of anilines is 1. The lowest BCUT2D eigenvalue weighted by Crippen LogP contribution is -2.09. The van der Waals surface area contributed by atoms with Crippen molar-refractivity contribution in [3.8, 4) is 5.75 Å². The topological polar surface area (TPSA) is 66.0 Å². The number of nitrogens with zero attached hydrogens (tertiary/aromatic N) is 3. The number of hydrogen-bond donors (Lipinski definition) is 1. The zero-order valence-corrected chi connectivity index (χ0v) is 11.5.